The summed E-state index contributed by atoms with van der Waals surface area (Å²) in [6, 6.07) is 28.3. The highest BCUT2D eigenvalue weighted by Gasteiger charge is 2.47. The van der Waals surface area contributed by atoms with E-state index in [1.807, 2.05) is 6.07 Å². The first-order valence-corrected chi connectivity index (χ1v) is 9.23. The van der Waals surface area contributed by atoms with Gasteiger partial charge in [-0.1, -0.05) is 78.9 Å². The Morgan fingerprint density at radius 2 is 1.42 bits per heavy atom. The maximum Gasteiger partial charge on any atom is 0.0676 e. The van der Waals surface area contributed by atoms with Crippen molar-refractivity contribution in [3.8, 4) is 0 Å². The van der Waals surface area contributed by atoms with Gasteiger partial charge < -0.3 is 5.73 Å². The average Bonchev–Trinajstić information content (AvgIpc) is 3.00. The standard InChI is InChI=1S/C25H21N/c26-20-15-16-24-22(17-20)21-13-7-8-14-23(21)25(24,18-9-3-1-4-10-18)19-11-5-2-6-12-19/h1-7,9-13,15-17H,8,14,26H2. The van der Waals surface area contributed by atoms with Gasteiger partial charge in [0.25, 0.3) is 0 Å². The van der Waals surface area contributed by atoms with Crippen LogP contribution >= 0.6 is 0 Å². The van der Waals surface area contributed by atoms with Crippen LogP contribution < -0.4 is 5.73 Å². The molecule has 0 fully saturated rings. The topological polar surface area (TPSA) is 26.0 Å². The monoisotopic (exact) mass is 335 g/mol. The highest BCUT2D eigenvalue weighted by Crippen LogP contribution is 2.57. The summed E-state index contributed by atoms with van der Waals surface area (Å²) in [7, 11) is 0. The lowest BCUT2D eigenvalue weighted by Crippen LogP contribution is -2.30. The number of nitrogen functional groups attached to an aromatic ring is 1. The second-order valence-electron chi connectivity index (χ2n) is 7.12. The van der Waals surface area contributed by atoms with Gasteiger partial charge in [-0.25, -0.2) is 0 Å². The van der Waals surface area contributed by atoms with Crippen molar-refractivity contribution >= 4 is 11.3 Å². The minimum absolute atomic E-state index is 0.231. The third kappa shape index (κ3) is 1.97. The number of hydrogen-bond acceptors (Lipinski definition) is 1. The van der Waals surface area contributed by atoms with Crippen LogP contribution in [0.2, 0.25) is 0 Å². The number of hydrogen-bond donors (Lipinski definition) is 1. The summed E-state index contributed by atoms with van der Waals surface area (Å²) >= 11 is 0. The third-order valence-electron chi connectivity index (χ3n) is 5.77. The predicted octanol–water partition coefficient (Wildman–Crippen LogP) is 5.72. The van der Waals surface area contributed by atoms with Crippen molar-refractivity contribution in [1.29, 1.82) is 0 Å². The Hall–Kier alpha value is -3.06. The second kappa shape index (κ2) is 5.74. The average molecular weight is 335 g/mol. The van der Waals surface area contributed by atoms with E-state index >= 15 is 0 Å². The van der Waals surface area contributed by atoms with Crippen molar-refractivity contribution in [2.75, 3.05) is 5.73 Å². The molecule has 0 radical (unpaired) electrons. The minimum atomic E-state index is -0.231. The summed E-state index contributed by atoms with van der Waals surface area (Å²) in [6.45, 7) is 0. The van der Waals surface area contributed by atoms with E-state index in [9.17, 15) is 0 Å². The number of fused-ring (bicyclic) bond motifs is 2. The Morgan fingerprint density at radius 1 is 0.769 bits per heavy atom. The Labute approximate surface area is 154 Å². The van der Waals surface area contributed by atoms with Crippen LogP contribution in [0.4, 0.5) is 5.69 Å². The first-order chi connectivity index (χ1) is 12.8. The van der Waals surface area contributed by atoms with Crippen LogP contribution in [-0.4, -0.2) is 0 Å². The summed E-state index contributed by atoms with van der Waals surface area (Å²) in [5.41, 5.74) is 14.9. The maximum atomic E-state index is 6.17. The Bertz CT molecular complexity index is 987. The van der Waals surface area contributed by atoms with E-state index < -0.39 is 0 Å². The molecule has 3 aromatic carbocycles. The molecule has 3 aromatic rings. The smallest absolute Gasteiger partial charge is 0.0676 e. The molecule has 1 nitrogen and oxygen atoms in total. The van der Waals surface area contributed by atoms with Crippen molar-refractivity contribution in [1.82, 2.24) is 0 Å². The van der Waals surface area contributed by atoms with Gasteiger partial charge in [0.15, 0.2) is 0 Å². The lowest BCUT2D eigenvalue weighted by molar-refractivity contribution is 0.696. The van der Waals surface area contributed by atoms with Gasteiger partial charge >= 0.3 is 0 Å². The van der Waals surface area contributed by atoms with E-state index in [1.54, 1.807) is 0 Å². The van der Waals surface area contributed by atoms with E-state index in [-0.39, 0.29) is 5.41 Å². The molecular formula is C25H21N. The van der Waals surface area contributed by atoms with Crippen molar-refractivity contribution in [3.63, 3.8) is 0 Å². The predicted molar refractivity (Wildman–Crippen MR) is 109 cm³/mol. The van der Waals surface area contributed by atoms with Crippen LogP contribution in [-0.2, 0) is 5.41 Å². The van der Waals surface area contributed by atoms with E-state index in [0.717, 1.165) is 18.5 Å². The van der Waals surface area contributed by atoms with Crippen molar-refractivity contribution < 1.29 is 0 Å². The highest BCUT2D eigenvalue weighted by molar-refractivity contribution is 5.91. The van der Waals surface area contributed by atoms with Gasteiger partial charge in [0.2, 0.25) is 0 Å². The van der Waals surface area contributed by atoms with Gasteiger partial charge in [-0.3, -0.25) is 0 Å². The lowest BCUT2D eigenvalue weighted by atomic mass is 9.65. The van der Waals surface area contributed by atoms with Gasteiger partial charge in [0, 0.05) is 5.69 Å². The molecule has 0 heterocycles. The molecule has 0 unspecified atom stereocenters. The van der Waals surface area contributed by atoms with Crippen LogP contribution in [0.3, 0.4) is 0 Å². The second-order valence-corrected chi connectivity index (χ2v) is 7.12. The summed E-state index contributed by atoms with van der Waals surface area (Å²) < 4.78 is 0. The molecule has 0 atom stereocenters. The fourth-order valence-electron chi connectivity index (χ4n) is 4.78. The quantitative estimate of drug-likeness (QED) is 0.595. The molecule has 26 heavy (non-hydrogen) atoms. The van der Waals surface area contributed by atoms with Crippen LogP contribution in [0.25, 0.3) is 5.57 Å². The van der Waals surface area contributed by atoms with Crippen molar-refractivity contribution in [2.45, 2.75) is 18.3 Å². The number of anilines is 1. The fourth-order valence-corrected chi connectivity index (χ4v) is 4.78. The van der Waals surface area contributed by atoms with Crippen LogP contribution in [0.15, 0.2) is 96.6 Å². The largest absolute Gasteiger partial charge is 0.399 e. The molecule has 0 bridgehead atoms. The van der Waals surface area contributed by atoms with E-state index in [2.05, 4.69) is 84.9 Å². The Morgan fingerprint density at radius 3 is 2.08 bits per heavy atom. The van der Waals surface area contributed by atoms with Gasteiger partial charge in [0.05, 0.1) is 5.41 Å². The summed E-state index contributed by atoms with van der Waals surface area (Å²) in [5, 5.41) is 0. The zero-order chi connectivity index (χ0) is 17.6. The summed E-state index contributed by atoms with van der Waals surface area (Å²) in [4.78, 5) is 0. The molecule has 0 saturated heterocycles. The number of benzene rings is 3. The summed E-state index contributed by atoms with van der Waals surface area (Å²) in [5.74, 6) is 0. The molecule has 2 aliphatic rings. The molecule has 0 saturated carbocycles. The highest BCUT2D eigenvalue weighted by atomic mass is 14.6. The maximum absolute atomic E-state index is 6.17. The molecule has 1 heteroatoms. The first-order valence-electron chi connectivity index (χ1n) is 9.23. The van der Waals surface area contributed by atoms with Gasteiger partial charge in [-0.15, -0.1) is 0 Å². The molecule has 2 N–H and O–H groups in total. The van der Waals surface area contributed by atoms with E-state index in [4.69, 9.17) is 5.73 Å². The normalized spacial score (nSPS) is 17.1. The Balaban J connectivity index is 1.94. The zero-order valence-corrected chi connectivity index (χ0v) is 14.7. The number of allylic oxidation sites excluding steroid dienone is 4. The third-order valence-corrected chi connectivity index (χ3v) is 5.77. The molecule has 2 aliphatic carbocycles. The SMILES string of the molecule is Nc1ccc2c(c1)C1=C(CCC=C1)C2(c1ccccc1)c1ccccc1. The number of rotatable bonds is 2. The molecule has 0 amide bonds. The molecule has 0 aromatic heterocycles. The lowest BCUT2D eigenvalue weighted by Gasteiger charge is -2.36. The van der Waals surface area contributed by atoms with Gasteiger partial charge in [-0.05, 0) is 58.4 Å². The van der Waals surface area contributed by atoms with Gasteiger partial charge in [0.1, 0.15) is 0 Å². The molecule has 5 rings (SSSR count). The van der Waals surface area contributed by atoms with Crippen molar-refractivity contribution in [3.05, 3.63) is 119 Å². The molecular weight excluding hydrogens is 314 g/mol. The molecule has 0 aliphatic heterocycles. The summed E-state index contributed by atoms with van der Waals surface area (Å²) in [6.07, 6.45) is 6.75. The van der Waals surface area contributed by atoms with E-state index in [1.165, 1.54) is 33.4 Å². The number of nitrogens with two attached hydrogens (primary N) is 1. The Kier molecular flexibility index (Phi) is 3.36. The minimum Gasteiger partial charge on any atom is -0.399 e. The first kappa shape index (κ1) is 15.2. The molecule has 126 valence electrons. The van der Waals surface area contributed by atoms with Crippen LogP contribution in [0.5, 0.6) is 0 Å². The van der Waals surface area contributed by atoms with Crippen LogP contribution in [0, 0.1) is 0 Å². The zero-order valence-electron chi connectivity index (χ0n) is 14.7. The van der Waals surface area contributed by atoms with Crippen molar-refractivity contribution in [2.24, 2.45) is 0 Å². The van der Waals surface area contributed by atoms with Gasteiger partial charge in [-0.2, -0.15) is 0 Å². The van der Waals surface area contributed by atoms with Crippen LogP contribution in [0.1, 0.15) is 35.1 Å². The van der Waals surface area contributed by atoms with E-state index in [0.29, 0.717) is 0 Å². The molecule has 0 spiro atoms. The fraction of sp³-hybridized carbons (Fsp3) is 0.120.